The molecule has 26 aromatic rings. The van der Waals surface area contributed by atoms with Gasteiger partial charge in [0.15, 0.2) is 34.9 Å². The predicted molar refractivity (Wildman–Crippen MR) is 609 cm³/mol. The number of aromatic nitrogens is 10. The molecule has 0 aliphatic carbocycles. The SMILES string of the molecule is Cc1cc(C)cc(-c2ccc3c(c2)c2ccccc2n3-c2ccc(-c3nc(-c4ccccc4)nc(-c4cccc(-c5cc(-c6ccc7c(c6)c6ccccc6n7-c6cccc(C#N)c6-c6cc(-c7nc(-c8ccccc8)nc(-c8ccccc8)n7)ccc6-n6c7ccccc7c7cc(-c8ccc(C)cc8C)ccc76)c(C)cc5C)c4)n3)cc2-c2c(C#N)cccc2-n2c3ccccc3c3cc(-c4cc(C)cc(C)c4)ccc32)c1. The summed E-state index contributed by atoms with van der Waals surface area (Å²) in [5.74, 6) is 3.04. The fourth-order valence-corrected chi connectivity index (χ4v) is 23.0. The molecule has 12 heteroatoms. The van der Waals surface area contributed by atoms with Crippen LogP contribution in [-0.2, 0) is 0 Å². The topological polar surface area (TPSA) is 145 Å². The van der Waals surface area contributed by atoms with E-state index in [0.29, 0.717) is 46.1 Å². The highest BCUT2D eigenvalue weighted by Gasteiger charge is 2.30. The number of rotatable bonds is 17. The average molecular weight is 1900 g/mol. The van der Waals surface area contributed by atoms with Gasteiger partial charge in [0.1, 0.15) is 0 Å². The van der Waals surface area contributed by atoms with Crippen molar-refractivity contribution >= 4 is 87.2 Å². The summed E-state index contributed by atoms with van der Waals surface area (Å²) in [7, 11) is 0. The van der Waals surface area contributed by atoms with Gasteiger partial charge in [0, 0.05) is 98.7 Å². The minimum Gasteiger partial charge on any atom is -0.309 e. The van der Waals surface area contributed by atoms with Crippen molar-refractivity contribution in [3.63, 3.8) is 0 Å². The summed E-state index contributed by atoms with van der Waals surface area (Å²) >= 11 is 0. The van der Waals surface area contributed by atoms with Gasteiger partial charge in [0.05, 0.1) is 90.1 Å². The summed E-state index contributed by atoms with van der Waals surface area (Å²) in [4.78, 5) is 32.4. The van der Waals surface area contributed by atoms with Gasteiger partial charge in [0.2, 0.25) is 0 Å². The number of fused-ring (bicyclic) bond motifs is 12. The van der Waals surface area contributed by atoms with Crippen LogP contribution in [0.2, 0.25) is 0 Å². The Kier molecular flexibility index (Phi) is 21.5. The first kappa shape index (κ1) is 88.7. The Labute approximate surface area is 856 Å². The van der Waals surface area contributed by atoms with Crippen molar-refractivity contribution in [2.75, 3.05) is 0 Å². The molecule has 0 saturated heterocycles. The van der Waals surface area contributed by atoms with E-state index in [1.807, 2.05) is 103 Å². The van der Waals surface area contributed by atoms with E-state index in [2.05, 4.69) is 407 Å². The lowest BCUT2D eigenvalue weighted by atomic mass is 9.90. The van der Waals surface area contributed by atoms with Gasteiger partial charge in [-0.25, -0.2) is 29.9 Å². The molecule has 0 atom stereocenters. The minimum absolute atomic E-state index is 0.460. The van der Waals surface area contributed by atoms with Gasteiger partial charge >= 0.3 is 0 Å². The third kappa shape index (κ3) is 15.3. The Morgan fingerprint density at radius 3 is 0.838 bits per heavy atom. The summed E-state index contributed by atoms with van der Waals surface area (Å²) in [5.41, 5.74) is 40.9. The second-order valence-corrected chi connectivity index (χ2v) is 39.3. The van der Waals surface area contributed by atoms with Crippen LogP contribution in [0.15, 0.2) is 425 Å². The summed E-state index contributed by atoms with van der Waals surface area (Å²) in [6, 6.07) is 157. The first-order valence-electron chi connectivity index (χ1n) is 50.2. The molecule has 0 radical (unpaired) electrons. The third-order valence-electron chi connectivity index (χ3n) is 29.5. The number of hydrogen-bond acceptors (Lipinski definition) is 8. The van der Waals surface area contributed by atoms with Crippen molar-refractivity contribution in [1.82, 2.24) is 48.2 Å². The molecular formula is C136H94N12. The maximum atomic E-state index is 11.9. The number of benzene rings is 20. The lowest BCUT2D eigenvalue weighted by Crippen LogP contribution is -2.05. The standard InChI is InChI=1S/C136H94N12/c1-81-49-56-104(86(6)65-81)95-52-59-122-113(74-95)107-41-19-23-44-118(107)146(122)126-61-54-98(135-141-131(89-29-12-9-13-30-89)139-132(142-135)90-31-14-10-15-32-90)76-115(126)130-101(80-138)38-28-48-128(130)148-120-46-25-21-42-108(120)114-75-96(53-60-124(114)148)110-78-109(87(7)70-88(110)8)94-35-26-36-97(71-94)134-140-133(91-33-16-11-17-34-91)143-136(144-134)99-55-62-125(145-117-43-22-18-39-105(117)111-72-92(50-57-121(111)145)102-66-82(2)63-83(3)67-102)116(77-99)129-100(79-137)37-27-47-127(129)147-119-45-24-20-40-106(119)112-73-93(51-58-123(112)147)103-68-84(4)64-85(5)69-103/h9-78H,1-8H3. The molecule has 0 bridgehead atoms. The van der Waals surface area contributed by atoms with Crippen LogP contribution in [0.5, 0.6) is 0 Å². The molecule has 26 rings (SSSR count). The molecular weight excluding hydrogens is 1800 g/mol. The molecule has 0 aliphatic heterocycles. The predicted octanol–water partition coefficient (Wildman–Crippen LogP) is 34.3. The summed E-state index contributed by atoms with van der Waals surface area (Å²) < 4.78 is 9.46. The molecule has 0 fully saturated rings. The second-order valence-electron chi connectivity index (χ2n) is 39.3. The number of aryl methyl sites for hydroxylation is 8. The fraction of sp³-hybridized carbons (Fsp3) is 0.0588. The molecule has 148 heavy (non-hydrogen) atoms. The monoisotopic (exact) mass is 1890 g/mol. The van der Waals surface area contributed by atoms with E-state index in [0.717, 1.165) is 227 Å². The van der Waals surface area contributed by atoms with Crippen LogP contribution in [0.4, 0.5) is 0 Å². The average Bonchev–Trinajstić information content (AvgIpc) is 1.57. The Balaban J connectivity index is 0.621. The molecule has 6 aromatic heterocycles. The quantitative estimate of drug-likeness (QED) is 0.0876. The van der Waals surface area contributed by atoms with Crippen molar-refractivity contribution < 1.29 is 0 Å². The molecule has 0 spiro atoms. The van der Waals surface area contributed by atoms with Gasteiger partial charge < -0.3 is 18.3 Å². The molecule has 0 unspecified atom stereocenters. The molecule has 698 valence electrons. The van der Waals surface area contributed by atoms with Gasteiger partial charge in [-0.1, -0.05) is 307 Å². The van der Waals surface area contributed by atoms with Crippen LogP contribution >= 0.6 is 0 Å². The Morgan fingerprint density at radius 1 is 0.169 bits per heavy atom. The van der Waals surface area contributed by atoms with Crippen LogP contribution in [0.1, 0.15) is 55.6 Å². The maximum absolute atomic E-state index is 11.9. The highest BCUT2D eigenvalue weighted by atomic mass is 15.1. The maximum Gasteiger partial charge on any atom is 0.164 e. The molecule has 20 aromatic carbocycles. The molecule has 0 N–H and O–H groups in total. The van der Waals surface area contributed by atoms with E-state index < -0.39 is 0 Å². The zero-order chi connectivity index (χ0) is 99.8. The number of nitriles is 2. The molecule has 6 heterocycles. The van der Waals surface area contributed by atoms with Gasteiger partial charge in [-0.3, -0.25) is 0 Å². The van der Waals surface area contributed by atoms with E-state index >= 15 is 0 Å². The summed E-state index contributed by atoms with van der Waals surface area (Å²) in [5, 5.41) is 32.6. The smallest absolute Gasteiger partial charge is 0.164 e. The third-order valence-corrected chi connectivity index (χ3v) is 29.5. The number of nitrogens with zero attached hydrogens (tertiary/aromatic N) is 12. The van der Waals surface area contributed by atoms with Crippen molar-refractivity contribution in [3.05, 3.63) is 480 Å². The van der Waals surface area contributed by atoms with Crippen LogP contribution in [0.3, 0.4) is 0 Å². The molecule has 0 amide bonds. The van der Waals surface area contributed by atoms with Crippen LogP contribution in [0, 0.1) is 78.1 Å². The van der Waals surface area contributed by atoms with E-state index in [-0.39, 0.29) is 0 Å². The highest BCUT2D eigenvalue weighted by molar-refractivity contribution is 6.16. The first-order valence-corrected chi connectivity index (χ1v) is 50.2. The molecule has 0 aliphatic rings. The zero-order valence-corrected chi connectivity index (χ0v) is 82.8. The first-order chi connectivity index (χ1) is 72.5. The normalized spacial score (nSPS) is 11.6. The minimum atomic E-state index is 0.460. The van der Waals surface area contributed by atoms with Crippen LogP contribution in [0.25, 0.3) is 256 Å². The van der Waals surface area contributed by atoms with Crippen LogP contribution < -0.4 is 0 Å². The Morgan fingerprint density at radius 2 is 0.459 bits per heavy atom. The lowest BCUT2D eigenvalue weighted by Gasteiger charge is -2.21. The Hall–Kier alpha value is -19.4. The van der Waals surface area contributed by atoms with Gasteiger partial charge in [0.25, 0.3) is 0 Å². The highest BCUT2D eigenvalue weighted by Crippen LogP contribution is 2.50. The van der Waals surface area contributed by atoms with E-state index in [9.17, 15) is 10.5 Å². The van der Waals surface area contributed by atoms with Crippen molar-refractivity contribution in [1.29, 1.82) is 10.5 Å². The Bertz CT molecular complexity index is 10000. The largest absolute Gasteiger partial charge is 0.309 e. The van der Waals surface area contributed by atoms with Gasteiger partial charge in [-0.15, -0.1) is 0 Å². The van der Waals surface area contributed by atoms with E-state index in [1.165, 1.54) is 38.9 Å². The van der Waals surface area contributed by atoms with Crippen LogP contribution in [-0.4, -0.2) is 48.2 Å². The fourth-order valence-electron chi connectivity index (χ4n) is 23.0. The number of hydrogen-bond donors (Lipinski definition) is 0. The van der Waals surface area contributed by atoms with E-state index in [1.54, 1.807) is 0 Å². The van der Waals surface area contributed by atoms with Crippen molar-refractivity contribution in [3.8, 4) is 181 Å². The number of para-hydroxylation sites is 4. The molecule has 0 saturated carbocycles. The summed E-state index contributed by atoms with van der Waals surface area (Å²) in [6.07, 6.45) is 0. The van der Waals surface area contributed by atoms with Crippen molar-refractivity contribution in [2.24, 2.45) is 0 Å². The van der Waals surface area contributed by atoms with Crippen molar-refractivity contribution in [2.45, 2.75) is 55.4 Å². The van der Waals surface area contributed by atoms with E-state index in [4.69, 9.17) is 29.9 Å². The lowest BCUT2D eigenvalue weighted by molar-refractivity contribution is 1.07. The second kappa shape index (κ2) is 35.9. The van der Waals surface area contributed by atoms with Gasteiger partial charge in [-0.2, -0.15) is 10.5 Å². The summed E-state index contributed by atoms with van der Waals surface area (Å²) in [6.45, 7) is 17.4. The molecule has 12 nitrogen and oxygen atoms in total. The zero-order valence-electron chi connectivity index (χ0n) is 82.8. The van der Waals surface area contributed by atoms with Gasteiger partial charge in [-0.05, 0) is 273 Å².